The van der Waals surface area contributed by atoms with Gasteiger partial charge in [-0.1, -0.05) is 0 Å². The highest BCUT2D eigenvalue weighted by Gasteiger charge is 2.27. The van der Waals surface area contributed by atoms with Crippen LogP contribution < -0.4 is 0 Å². The number of rotatable bonds is 4. The van der Waals surface area contributed by atoms with Crippen molar-refractivity contribution in [3.8, 4) is 0 Å². The number of furan rings is 1. The number of amides is 1. The van der Waals surface area contributed by atoms with Gasteiger partial charge in [0.2, 0.25) is 0 Å². The first-order valence-electron chi connectivity index (χ1n) is 8.55. The molecule has 130 valence electrons. The van der Waals surface area contributed by atoms with E-state index in [-0.39, 0.29) is 5.91 Å². The summed E-state index contributed by atoms with van der Waals surface area (Å²) in [5.41, 5.74) is 3.27. The minimum Gasteiger partial charge on any atom is -0.453 e. The summed E-state index contributed by atoms with van der Waals surface area (Å²) in [7, 11) is 1.61. The third-order valence-electron chi connectivity index (χ3n) is 4.79. The van der Waals surface area contributed by atoms with Crippen molar-refractivity contribution in [2.75, 3.05) is 20.2 Å². The zero-order valence-electron chi connectivity index (χ0n) is 14.2. The van der Waals surface area contributed by atoms with Gasteiger partial charge in [-0.2, -0.15) is 0 Å². The summed E-state index contributed by atoms with van der Waals surface area (Å²) in [6, 6.07) is 9.62. The maximum Gasteiger partial charge on any atom is 0.289 e. The Balaban J connectivity index is 1.41. The third-order valence-corrected chi connectivity index (χ3v) is 4.79. The summed E-state index contributed by atoms with van der Waals surface area (Å²) < 4.78 is 10.6. The van der Waals surface area contributed by atoms with Crippen LogP contribution in [0.1, 0.15) is 40.8 Å². The number of H-pyrrole nitrogens is 1. The molecule has 3 aromatic rings. The molecule has 0 aliphatic carbocycles. The minimum atomic E-state index is -0.0425. The lowest BCUT2D eigenvalue weighted by molar-refractivity contribution is 0.0672. The fourth-order valence-corrected chi connectivity index (χ4v) is 3.46. The molecule has 6 heteroatoms. The van der Waals surface area contributed by atoms with Crippen molar-refractivity contribution in [1.29, 1.82) is 0 Å². The molecule has 0 spiro atoms. The number of pyridine rings is 1. The first-order valence-corrected chi connectivity index (χ1v) is 8.55. The molecule has 0 radical (unpaired) electrons. The summed E-state index contributed by atoms with van der Waals surface area (Å²) in [5.74, 6) is 1.45. The molecule has 0 atom stereocenters. The molecule has 4 rings (SSSR count). The van der Waals surface area contributed by atoms with Crippen LogP contribution >= 0.6 is 0 Å². The quantitative estimate of drug-likeness (QED) is 0.791. The van der Waals surface area contributed by atoms with Crippen LogP contribution in [0.5, 0.6) is 0 Å². The molecule has 0 aromatic carbocycles. The SMILES string of the molecule is COCc1ccc(C(=O)N2CCC(c3cc4ncccc4[nH]3)CC2)o1. The smallest absolute Gasteiger partial charge is 0.289 e. The van der Waals surface area contributed by atoms with Crippen LogP contribution in [-0.2, 0) is 11.3 Å². The second-order valence-corrected chi connectivity index (χ2v) is 6.43. The normalized spacial score (nSPS) is 15.8. The fourth-order valence-electron chi connectivity index (χ4n) is 3.46. The van der Waals surface area contributed by atoms with Crippen molar-refractivity contribution in [2.45, 2.75) is 25.4 Å². The summed E-state index contributed by atoms with van der Waals surface area (Å²) in [4.78, 5) is 22.3. The number of carbonyl (C=O) groups is 1. The lowest BCUT2D eigenvalue weighted by atomic mass is 9.93. The average molecular weight is 339 g/mol. The molecule has 1 aliphatic heterocycles. The Bertz CT molecular complexity index is 842. The zero-order valence-corrected chi connectivity index (χ0v) is 14.2. The fraction of sp³-hybridized carbons (Fsp3) is 0.368. The average Bonchev–Trinajstić information content (AvgIpc) is 3.28. The predicted molar refractivity (Wildman–Crippen MR) is 93.4 cm³/mol. The molecule has 4 heterocycles. The first kappa shape index (κ1) is 15.9. The van der Waals surface area contributed by atoms with Gasteiger partial charge in [0.15, 0.2) is 5.76 Å². The lowest BCUT2D eigenvalue weighted by Crippen LogP contribution is -2.37. The van der Waals surface area contributed by atoms with Crippen molar-refractivity contribution in [1.82, 2.24) is 14.9 Å². The lowest BCUT2D eigenvalue weighted by Gasteiger charge is -2.31. The van der Waals surface area contributed by atoms with Gasteiger partial charge in [-0.05, 0) is 43.2 Å². The van der Waals surface area contributed by atoms with Crippen LogP contribution in [0, 0.1) is 0 Å². The molecule has 0 saturated carbocycles. The van der Waals surface area contributed by atoms with E-state index in [1.54, 1.807) is 19.2 Å². The van der Waals surface area contributed by atoms with E-state index in [1.165, 1.54) is 5.69 Å². The Morgan fingerprint density at radius 3 is 2.96 bits per heavy atom. The molecule has 1 N–H and O–H groups in total. The highest BCUT2D eigenvalue weighted by atomic mass is 16.5. The Kier molecular flexibility index (Phi) is 4.28. The number of carbonyl (C=O) groups excluding carboxylic acids is 1. The number of aromatic nitrogens is 2. The van der Waals surface area contributed by atoms with Crippen LogP contribution in [-0.4, -0.2) is 41.0 Å². The van der Waals surface area contributed by atoms with E-state index >= 15 is 0 Å². The number of aromatic amines is 1. The molecular formula is C19H21N3O3. The van der Waals surface area contributed by atoms with E-state index in [4.69, 9.17) is 9.15 Å². The summed E-state index contributed by atoms with van der Waals surface area (Å²) in [6.07, 6.45) is 3.68. The van der Waals surface area contributed by atoms with Crippen molar-refractivity contribution < 1.29 is 13.9 Å². The minimum absolute atomic E-state index is 0.0425. The van der Waals surface area contributed by atoms with E-state index in [0.29, 0.717) is 24.0 Å². The summed E-state index contributed by atoms with van der Waals surface area (Å²) in [5, 5.41) is 0. The van der Waals surface area contributed by atoms with E-state index in [9.17, 15) is 4.79 Å². The molecule has 1 amide bonds. The largest absolute Gasteiger partial charge is 0.453 e. The Morgan fingerprint density at radius 2 is 2.20 bits per heavy atom. The van der Waals surface area contributed by atoms with Crippen LogP contribution in [0.25, 0.3) is 11.0 Å². The molecule has 6 nitrogen and oxygen atoms in total. The second kappa shape index (κ2) is 6.72. The number of fused-ring (bicyclic) bond motifs is 1. The maximum absolute atomic E-state index is 12.6. The Morgan fingerprint density at radius 1 is 1.36 bits per heavy atom. The zero-order chi connectivity index (χ0) is 17.2. The van der Waals surface area contributed by atoms with E-state index in [2.05, 4.69) is 16.0 Å². The van der Waals surface area contributed by atoms with Crippen LogP contribution in [0.2, 0.25) is 0 Å². The molecule has 3 aromatic heterocycles. The number of ether oxygens (including phenoxy) is 1. The molecule has 0 unspecified atom stereocenters. The van der Waals surface area contributed by atoms with Crippen LogP contribution in [0.3, 0.4) is 0 Å². The van der Waals surface area contributed by atoms with E-state index < -0.39 is 0 Å². The highest BCUT2D eigenvalue weighted by molar-refractivity contribution is 5.91. The molecule has 1 aliphatic rings. The van der Waals surface area contributed by atoms with Gasteiger partial charge in [0.05, 0.1) is 11.0 Å². The Hall–Kier alpha value is -2.60. The van der Waals surface area contributed by atoms with Crippen molar-refractivity contribution in [3.63, 3.8) is 0 Å². The number of piperidine rings is 1. The first-order chi connectivity index (χ1) is 12.2. The van der Waals surface area contributed by atoms with Gasteiger partial charge in [0.1, 0.15) is 12.4 Å². The maximum atomic E-state index is 12.6. The Labute approximate surface area is 145 Å². The van der Waals surface area contributed by atoms with Crippen molar-refractivity contribution in [3.05, 3.63) is 53.7 Å². The van der Waals surface area contributed by atoms with Gasteiger partial charge in [-0.25, -0.2) is 0 Å². The van der Waals surface area contributed by atoms with Gasteiger partial charge >= 0.3 is 0 Å². The van der Waals surface area contributed by atoms with Gasteiger partial charge in [-0.3, -0.25) is 9.78 Å². The highest BCUT2D eigenvalue weighted by Crippen LogP contribution is 2.30. The van der Waals surface area contributed by atoms with Gasteiger partial charge in [0, 0.05) is 38.0 Å². The second-order valence-electron chi connectivity index (χ2n) is 6.43. The van der Waals surface area contributed by atoms with Gasteiger partial charge < -0.3 is 19.0 Å². The third kappa shape index (κ3) is 3.17. The van der Waals surface area contributed by atoms with E-state index in [1.807, 2.05) is 23.2 Å². The number of nitrogens with one attached hydrogen (secondary N) is 1. The van der Waals surface area contributed by atoms with Crippen molar-refractivity contribution >= 4 is 16.9 Å². The predicted octanol–water partition coefficient (Wildman–Crippen LogP) is 3.32. The number of hydrogen-bond donors (Lipinski definition) is 1. The van der Waals surface area contributed by atoms with Gasteiger partial charge in [-0.15, -0.1) is 0 Å². The molecule has 1 fully saturated rings. The number of nitrogens with zero attached hydrogens (tertiary/aromatic N) is 2. The monoisotopic (exact) mass is 339 g/mol. The number of methoxy groups -OCH3 is 1. The number of hydrogen-bond acceptors (Lipinski definition) is 4. The van der Waals surface area contributed by atoms with Gasteiger partial charge in [0.25, 0.3) is 5.91 Å². The summed E-state index contributed by atoms with van der Waals surface area (Å²) >= 11 is 0. The van der Waals surface area contributed by atoms with Crippen molar-refractivity contribution in [2.24, 2.45) is 0 Å². The molecular weight excluding hydrogens is 318 g/mol. The molecule has 25 heavy (non-hydrogen) atoms. The standard InChI is InChI=1S/C19H21N3O3/c1-24-12-14-4-5-18(25-14)19(23)22-9-6-13(7-10-22)16-11-17-15(21-16)3-2-8-20-17/h2-5,8,11,13,21H,6-7,9-10,12H2,1H3. The molecule has 0 bridgehead atoms. The summed E-state index contributed by atoms with van der Waals surface area (Å²) in [6.45, 7) is 1.84. The number of likely N-dealkylation sites (tertiary alicyclic amines) is 1. The van der Waals surface area contributed by atoms with E-state index in [0.717, 1.165) is 37.0 Å². The topological polar surface area (TPSA) is 71.4 Å². The molecule has 1 saturated heterocycles. The van der Waals surface area contributed by atoms with Crippen LogP contribution in [0.15, 0.2) is 40.9 Å². The van der Waals surface area contributed by atoms with Crippen LogP contribution in [0.4, 0.5) is 0 Å².